The van der Waals surface area contributed by atoms with Crippen molar-refractivity contribution in [3.05, 3.63) is 52.0 Å². The zero-order valence-electron chi connectivity index (χ0n) is 34.6. The van der Waals surface area contributed by atoms with Crippen LogP contribution in [0.1, 0.15) is 74.6 Å². The van der Waals surface area contributed by atoms with E-state index in [9.17, 15) is 46.8 Å². The molecule has 0 spiro atoms. The molecule has 63 heavy (non-hydrogen) atoms. The third-order valence-corrected chi connectivity index (χ3v) is 9.87. The summed E-state index contributed by atoms with van der Waals surface area (Å²) in [5, 5.41) is 25.7. The second-order valence-electron chi connectivity index (χ2n) is 13.6. The number of hydrogen-bond acceptors (Lipinski definition) is 14. The van der Waals surface area contributed by atoms with Crippen molar-refractivity contribution in [2.75, 3.05) is 72.6 Å². The Balaban J connectivity index is 1.39. The molecule has 6 N–H and O–H groups in total. The van der Waals surface area contributed by atoms with Crippen LogP contribution in [0, 0.1) is 0 Å². The Morgan fingerprint density at radius 3 is 1.83 bits per heavy atom. The van der Waals surface area contributed by atoms with Crippen LogP contribution in [0.4, 0.5) is 0 Å². The smallest absolute Gasteiger partial charge is 0.337 e. The normalized spacial score (nSPS) is 11.7. The minimum Gasteiger partial charge on any atom is -0.494 e. The minimum absolute atomic E-state index is 0.0392. The van der Waals surface area contributed by atoms with Gasteiger partial charge >= 0.3 is 17.9 Å². The van der Waals surface area contributed by atoms with Gasteiger partial charge in [-0.1, -0.05) is 55.3 Å². The number of esters is 1. The maximum Gasteiger partial charge on any atom is 0.337 e. The highest BCUT2D eigenvalue weighted by Crippen LogP contribution is 2.35. The highest BCUT2D eigenvalue weighted by Gasteiger charge is 2.24. The van der Waals surface area contributed by atoms with Gasteiger partial charge in [0.1, 0.15) is 29.9 Å². The molecule has 0 aliphatic carbocycles. The molecule has 0 aromatic heterocycles. The number of aromatic carboxylic acids is 1. The van der Waals surface area contributed by atoms with Crippen molar-refractivity contribution in [1.29, 1.82) is 0 Å². The van der Waals surface area contributed by atoms with E-state index in [-0.39, 0.29) is 100 Å². The van der Waals surface area contributed by atoms with E-state index in [4.69, 9.17) is 56.7 Å². The van der Waals surface area contributed by atoms with E-state index in [2.05, 4.69) is 16.0 Å². The minimum atomic E-state index is -4.79. The van der Waals surface area contributed by atoms with E-state index < -0.39 is 63.1 Å². The first kappa shape index (κ1) is 54.5. The third kappa shape index (κ3) is 25.3. The van der Waals surface area contributed by atoms with Crippen LogP contribution in [-0.2, 0) is 53.0 Å². The zero-order valence-corrected chi connectivity index (χ0v) is 36.9. The predicted molar refractivity (Wildman–Crippen MR) is 226 cm³/mol. The van der Waals surface area contributed by atoms with Crippen molar-refractivity contribution in [3.8, 4) is 11.5 Å². The maximum atomic E-state index is 12.3. The second kappa shape index (κ2) is 31.3. The molecule has 2 rings (SSSR count). The summed E-state index contributed by atoms with van der Waals surface area (Å²) in [4.78, 5) is 70.2. The molecule has 2 aromatic rings. The third-order valence-electron chi connectivity index (χ3n) is 8.51. The fourth-order valence-electron chi connectivity index (χ4n) is 5.35. The standard InChI is InChI=1S/C40H55Cl2N3O17S/c41-29-24-31(42)38(33(25-29)63(54,55)56)62-37(49)27-60-23-21-58-19-16-44-36(48)26-59-22-20-57-18-15-43-34(46)14-13-32(40(52)53)45-35(47)8-6-4-2-1-3-5-7-17-61-30-11-9-28(10-12-30)39(50)51/h9-12,24-25,32H,1-8,13-23,26-27H2,(H,43,46)(H,44,48)(H,45,47)(H,50,51)(H,52,53)(H,54,55,56)/t32-/m0/s1. The summed E-state index contributed by atoms with van der Waals surface area (Å²) in [5.74, 6) is -4.36. The summed E-state index contributed by atoms with van der Waals surface area (Å²) >= 11 is 11.6. The van der Waals surface area contributed by atoms with Crippen molar-refractivity contribution in [2.24, 2.45) is 0 Å². The fourth-order valence-corrected chi connectivity index (χ4v) is 6.66. The molecule has 352 valence electrons. The van der Waals surface area contributed by atoms with Crippen LogP contribution < -0.4 is 25.4 Å². The first-order valence-electron chi connectivity index (χ1n) is 20.1. The number of hydrogen-bond donors (Lipinski definition) is 6. The molecule has 0 aliphatic heterocycles. The van der Waals surface area contributed by atoms with Gasteiger partial charge in [0.25, 0.3) is 10.1 Å². The lowest BCUT2D eigenvalue weighted by Crippen LogP contribution is -2.41. The van der Waals surface area contributed by atoms with Crippen LogP contribution in [0.25, 0.3) is 0 Å². The molecule has 0 heterocycles. The SMILES string of the molecule is O=C(CC[C@H](NC(=O)CCCCCCCCCOc1ccc(C(=O)O)cc1)C(=O)O)NCCOCCOCC(=O)NCCOCCOCC(=O)Oc1c(Cl)cc(Cl)cc1S(=O)(=O)O. The van der Waals surface area contributed by atoms with Crippen molar-refractivity contribution in [3.63, 3.8) is 0 Å². The number of benzene rings is 2. The Labute approximate surface area is 375 Å². The Hall–Kier alpha value is -4.61. The molecule has 23 heteroatoms. The number of carboxylic acid groups (broad SMARTS) is 2. The Morgan fingerprint density at radius 2 is 1.22 bits per heavy atom. The first-order valence-corrected chi connectivity index (χ1v) is 22.3. The van der Waals surface area contributed by atoms with Crippen molar-refractivity contribution >= 4 is 68.9 Å². The molecule has 0 saturated carbocycles. The molecule has 0 fully saturated rings. The maximum absolute atomic E-state index is 12.3. The van der Waals surface area contributed by atoms with E-state index in [0.717, 1.165) is 50.7 Å². The molecule has 0 unspecified atom stereocenters. The van der Waals surface area contributed by atoms with E-state index >= 15 is 0 Å². The van der Waals surface area contributed by atoms with Gasteiger partial charge in [0.15, 0.2) is 5.75 Å². The van der Waals surface area contributed by atoms with Crippen LogP contribution in [0.2, 0.25) is 10.0 Å². The van der Waals surface area contributed by atoms with E-state index in [1.807, 2.05) is 0 Å². The number of nitrogens with one attached hydrogen (secondary N) is 3. The number of unbranched alkanes of at least 4 members (excludes halogenated alkanes) is 6. The van der Waals surface area contributed by atoms with Gasteiger partial charge in [-0.2, -0.15) is 8.42 Å². The lowest BCUT2D eigenvalue weighted by molar-refractivity contribution is -0.142. The Morgan fingerprint density at radius 1 is 0.651 bits per heavy atom. The number of amides is 3. The molecule has 0 radical (unpaired) electrons. The van der Waals surface area contributed by atoms with E-state index in [1.165, 1.54) is 12.1 Å². The average Bonchev–Trinajstić information content (AvgIpc) is 3.22. The number of rotatable bonds is 35. The largest absolute Gasteiger partial charge is 0.494 e. The summed E-state index contributed by atoms with van der Waals surface area (Å²) in [6, 6.07) is 7.07. The number of carboxylic acids is 2. The lowest BCUT2D eigenvalue weighted by atomic mass is 10.1. The van der Waals surface area contributed by atoms with Crippen LogP contribution in [-0.4, -0.2) is 137 Å². The molecular weight excluding hydrogens is 897 g/mol. The van der Waals surface area contributed by atoms with Crippen LogP contribution in [0.3, 0.4) is 0 Å². The van der Waals surface area contributed by atoms with Gasteiger partial charge in [-0.25, -0.2) is 14.4 Å². The molecule has 20 nitrogen and oxygen atoms in total. The number of ether oxygens (including phenoxy) is 6. The molecule has 0 aliphatic rings. The Bertz CT molecular complexity index is 1870. The van der Waals surface area contributed by atoms with Gasteiger partial charge < -0.3 is 54.6 Å². The summed E-state index contributed by atoms with van der Waals surface area (Å²) in [5.41, 5.74) is 0.206. The van der Waals surface area contributed by atoms with Gasteiger partial charge in [-0.15, -0.1) is 0 Å². The Kier molecular flexibility index (Phi) is 27.1. The predicted octanol–water partition coefficient (Wildman–Crippen LogP) is 3.69. The van der Waals surface area contributed by atoms with E-state index in [1.54, 1.807) is 12.1 Å². The summed E-state index contributed by atoms with van der Waals surface area (Å²) < 4.78 is 64.0. The van der Waals surface area contributed by atoms with Gasteiger partial charge in [-0.3, -0.25) is 18.9 Å². The summed E-state index contributed by atoms with van der Waals surface area (Å²) in [6.07, 6.45) is 6.22. The zero-order chi connectivity index (χ0) is 46.5. The van der Waals surface area contributed by atoms with Gasteiger partial charge in [-0.05, 0) is 55.7 Å². The monoisotopic (exact) mass is 951 g/mol. The number of halogens is 2. The number of carbonyl (C=O) groups excluding carboxylic acids is 4. The first-order chi connectivity index (χ1) is 30.1. The van der Waals surface area contributed by atoms with Crippen molar-refractivity contribution in [1.82, 2.24) is 16.0 Å². The van der Waals surface area contributed by atoms with Crippen LogP contribution in [0.15, 0.2) is 41.3 Å². The second-order valence-corrected chi connectivity index (χ2v) is 15.8. The topological polar surface area (TPSA) is 289 Å². The quantitative estimate of drug-likeness (QED) is 0.0249. The molecule has 3 amide bonds. The summed E-state index contributed by atoms with van der Waals surface area (Å²) in [7, 11) is -4.79. The van der Waals surface area contributed by atoms with Gasteiger partial charge in [0.05, 0.1) is 56.8 Å². The average molecular weight is 953 g/mol. The molecule has 0 bridgehead atoms. The number of carbonyl (C=O) groups is 6. The highest BCUT2D eigenvalue weighted by molar-refractivity contribution is 7.86. The molecule has 1 atom stereocenters. The summed E-state index contributed by atoms with van der Waals surface area (Å²) in [6.45, 7) is 0.568. The van der Waals surface area contributed by atoms with Gasteiger partial charge in [0, 0.05) is 31.0 Å². The van der Waals surface area contributed by atoms with Crippen molar-refractivity contribution < 1.29 is 80.4 Å². The molecule has 0 saturated heterocycles. The fraction of sp³-hybridized carbons (Fsp3) is 0.550. The molecule has 2 aromatic carbocycles. The van der Waals surface area contributed by atoms with Gasteiger partial charge in [0.2, 0.25) is 17.7 Å². The molecular formula is C40H55Cl2N3O17S. The van der Waals surface area contributed by atoms with Crippen LogP contribution in [0.5, 0.6) is 11.5 Å². The van der Waals surface area contributed by atoms with Crippen molar-refractivity contribution in [2.45, 2.75) is 75.1 Å². The lowest BCUT2D eigenvalue weighted by Gasteiger charge is -2.14. The van der Waals surface area contributed by atoms with E-state index in [0.29, 0.717) is 18.8 Å². The van der Waals surface area contributed by atoms with Crippen LogP contribution >= 0.6 is 23.2 Å². The highest BCUT2D eigenvalue weighted by atomic mass is 35.5. The number of aliphatic carboxylic acids is 1.